The molecule has 0 saturated heterocycles. The molecule has 1 N–H and O–H groups in total. The van der Waals surface area contributed by atoms with Gasteiger partial charge in [0.15, 0.2) is 0 Å². The van der Waals surface area contributed by atoms with Crippen molar-refractivity contribution in [1.82, 2.24) is 0 Å². The van der Waals surface area contributed by atoms with E-state index in [0.29, 0.717) is 0 Å². The van der Waals surface area contributed by atoms with E-state index < -0.39 is 8.07 Å². The molecule has 3 rings (SSSR count). The van der Waals surface area contributed by atoms with Crippen molar-refractivity contribution >= 4 is 24.0 Å². The van der Waals surface area contributed by atoms with Gasteiger partial charge in [0.25, 0.3) is 0 Å². The first-order chi connectivity index (χ1) is 11.5. The zero-order valence-electron chi connectivity index (χ0n) is 14.8. The van der Waals surface area contributed by atoms with Gasteiger partial charge in [-0.1, -0.05) is 98.0 Å². The van der Waals surface area contributed by atoms with Crippen LogP contribution in [-0.4, -0.2) is 19.8 Å². The van der Waals surface area contributed by atoms with Gasteiger partial charge in [0.1, 0.15) is 0 Å². The van der Waals surface area contributed by atoms with E-state index >= 15 is 0 Å². The Morgan fingerprint density at radius 3 is 2.12 bits per heavy atom. The Morgan fingerprint density at radius 1 is 0.833 bits per heavy atom. The average molecular weight is 335 g/mol. The molecule has 0 aliphatic carbocycles. The third kappa shape index (κ3) is 2.81. The highest BCUT2D eigenvalue weighted by Crippen LogP contribution is 2.38. The highest BCUT2D eigenvalue weighted by atomic mass is 28.3. The van der Waals surface area contributed by atoms with E-state index in [9.17, 15) is 5.11 Å². The summed E-state index contributed by atoms with van der Waals surface area (Å²) < 4.78 is 0. The summed E-state index contributed by atoms with van der Waals surface area (Å²) in [5.41, 5.74) is 1.34. The molecule has 0 unspecified atom stereocenters. The molecule has 0 fully saturated rings. The summed E-state index contributed by atoms with van der Waals surface area (Å²) in [6.45, 7) is 7.40. The van der Waals surface area contributed by atoms with Gasteiger partial charge in [0.05, 0.1) is 8.07 Å². The number of fused-ring (bicyclic) bond motifs is 1. The maximum absolute atomic E-state index is 9.81. The molecule has 3 aromatic rings. The van der Waals surface area contributed by atoms with E-state index in [4.69, 9.17) is 0 Å². The van der Waals surface area contributed by atoms with E-state index in [1.807, 2.05) is 0 Å². The maximum atomic E-state index is 9.81. The lowest BCUT2D eigenvalue weighted by Gasteiger charge is -2.44. The molecule has 124 valence electrons. The monoisotopic (exact) mass is 334 g/mol. The second-order valence-electron chi connectivity index (χ2n) is 7.36. The lowest BCUT2D eigenvalue weighted by Crippen LogP contribution is -2.59. The smallest absolute Gasteiger partial charge is 0.0908 e. The molecule has 0 aromatic heterocycles. The third-order valence-corrected chi connectivity index (χ3v) is 10.9. The van der Waals surface area contributed by atoms with Gasteiger partial charge in [0, 0.05) is 6.61 Å². The maximum Gasteiger partial charge on any atom is 0.0908 e. The van der Waals surface area contributed by atoms with Crippen LogP contribution in [-0.2, 0) is 5.04 Å². The molecule has 0 heterocycles. The first-order valence-corrected chi connectivity index (χ1v) is 11.6. The number of benzene rings is 3. The topological polar surface area (TPSA) is 20.2 Å². The van der Waals surface area contributed by atoms with Crippen LogP contribution in [0.3, 0.4) is 0 Å². The minimum atomic E-state index is -1.84. The molecule has 0 saturated carbocycles. The van der Waals surface area contributed by atoms with Crippen molar-refractivity contribution in [2.24, 2.45) is 0 Å². The number of aliphatic hydroxyl groups is 1. The molecule has 0 aliphatic heterocycles. The molecule has 0 spiro atoms. The van der Waals surface area contributed by atoms with Gasteiger partial charge in [-0.15, -0.1) is 0 Å². The molecule has 0 amide bonds. The number of aliphatic hydroxyl groups excluding tert-OH is 1. The molecule has 1 atom stereocenters. The Hall–Kier alpha value is -1.90. The zero-order valence-corrected chi connectivity index (χ0v) is 15.8. The van der Waals surface area contributed by atoms with Gasteiger partial charge in [-0.2, -0.15) is 0 Å². The average Bonchev–Trinajstić information content (AvgIpc) is 2.62. The summed E-state index contributed by atoms with van der Waals surface area (Å²) >= 11 is 0. The minimum absolute atomic E-state index is 0.0207. The van der Waals surface area contributed by atoms with Crippen molar-refractivity contribution in [2.75, 3.05) is 6.61 Å². The van der Waals surface area contributed by atoms with Gasteiger partial charge in [0.2, 0.25) is 0 Å². The first kappa shape index (κ1) is 16.9. The summed E-state index contributed by atoms with van der Waals surface area (Å²) in [5.74, 6) is 0. The van der Waals surface area contributed by atoms with Crippen molar-refractivity contribution in [3.63, 3.8) is 0 Å². The van der Waals surface area contributed by atoms with Crippen LogP contribution in [0.1, 0.15) is 18.9 Å². The van der Waals surface area contributed by atoms with Gasteiger partial charge in [-0.3, -0.25) is 0 Å². The molecule has 0 aliphatic rings. The van der Waals surface area contributed by atoms with Crippen molar-refractivity contribution in [3.8, 4) is 0 Å². The number of rotatable bonds is 5. The Bertz CT molecular complexity index is 826. The fourth-order valence-corrected chi connectivity index (χ4v) is 7.02. The highest BCUT2D eigenvalue weighted by molar-refractivity contribution is 6.92. The van der Waals surface area contributed by atoms with E-state index in [-0.39, 0.29) is 11.6 Å². The molecule has 3 aromatic carbocycles. The van der Waals surface area contributed by atoms with E-state index in [1.54, 1.807) is 0 Å². The van der Waals surface area contributed by atoms with Crippen LogP contribution in [0.4, 0.5) is 0 Å². The van der Waals surface area contributed by atoms with Gasteiger partial charge in [-0.05, 0) is 27.8 Å². The standard InChI is InChI=1S/C22H26OSi/c1-22(15-16-23,24(2,3)21-11-5-4-6-12-21)20-14-13-18-9-7-8-10-19(18)17-20/h4-14,17,23H,15-16H2,1-3H3/t22-/m0/s1. The van der Waals surface area contributed by atoms with E-state index in [0.717, 1.165) is 6.42 Å². The van der Waals surface area contributed by atoms with Crippen LogP contribution in [0.2, 0.25) is 13.1 Å². The SMILES string of the molecule is C[C@](CCO)(c1ccc2ccccc2c1)[Si](C)(C)c1ccccc1. The zero-order chi connectivity index (χ0) is 17.2. The van der Waals surface area contributed by atoms with Crippen molar-refractivity contribution in [3.05, 3.63) is 78.4 Å². The molecule has 1 nitrogen and oxygen atoms in total. The van der Waals surface area contributed by atoms with Crippen LogP contribution < -0.4 is 5.19 Å². The van der Waals surface area contributed by atoms with Crippen LogP contribution in [0.15, 0.2) is 72.8 Å². The molecule has 2 heteroatoms. The highest BCUT2D eigenvalue weighted by Gasteiger charge is 2.44. The second kappa shape index (κ2) is 6.54. The van der Waals surface area contributed by atoms with E-state index in [2.05, 4.69) is 92.8 Å². The summed E-state index contributed by atoms with van der Waals surface area (Å²) in [7, 11) is -1.84. The van der Waals surface area contributed by atoms with Crippen LogP contribution in [0.25, 0.3) is 10.8 Å². The van der Waals surface area contributed by atoms with Crippen LogP contribution in [0, 0.1) is 0 Å². The summed E-state index contributed by atoms with van der Waals surface area (Å²) in [6.07, 6.45) is 0.791. The fraction of sp³-hybridized carbons (Fsp3) is 0.273. The largest absolute Gasteiger partial charge is 0.396 e. The normalized spacial score (nSPS) is 14.5. The molecule has 0 bridgehead atoms. The quantitative estimate of drug-likeness (QED) is 0.674. The molecular weight excluding hydrogens is 308 g/mol. The number of hydrogen-bond donors (Lipinski definition) is 1. The molecule has 24 heavy (non-hydrogen) atoms. The van der Waals surface area contributed by atoms with Crippen LogP contribution >= 0.6 is 0 Å². The first-order valence-electron chi connectivity index (χ1n) is 8.65. The minimum Gasteiger partial charge on any atom is -0.396 e. The Labute approximate surface area is 146 Å². The fourth-order valence-electron chi connectivity index (χ4n) is 3.75. The predicted molar refractivity (Wildman–Crippen MR) is 107 cm³/mol. The van der Waals surface area contributed by atoms with Gasteiger partial charge in [-0.25, -0.2) is 0 Å². The van der Waals surface area contributed by atoms with Crippen molar-refractivity contribution in [1.29, 1.82) is 0 Å². The Kier molecular flexibility index (Phi) is 4.61. The third-order valence-electron chi connectivity index (χ3n) is 5.87. The number of hydrogen-bond acceptors (Lipinski definition) is 1. The Morgan fingerprint density at radius 2 is 1.46 bits per heavy atom. The Balaban J connectivity index is 2.16. The summed E-state index contributed by atoms with van der Waals surface area (Å²) in [4.78, 5) is 0. The van der Waals surface area contributed by atoms with Gasteiger partial charge < -0.3 is 5.11 Å². The predicted octanol–water partition coefficient (Wildman–Crippen LogP) is 4.63. The summed E-state index contributed by atoms with van der Waals surface area (Å²) in [5, 5.41) is 13.8. The lowest BCUT2D eigenvalue weighted by molar-refractivity contribution is 0.268. The van der Waals surface area contributed by atoms with Crippen molar-refractivity contribution in [2.45, 2.75) is 31.5 Å². The lowest BCUT2D eigenvalue weighted by atomic mass is 9.94. The van der Waals surface area contributed by atoms with Gasteiger partial charge >= 0.3 is 0 Å². The van der Waals surface area contributed by atoms with Crippen LogP contribution in [0.5, 0.6) is 0 Å². The van der Waals surface area contributed by atoms with E-state index in [1.165, 1.54) is 21.5 Å². The summed E-state index contributed by atoms with van der Waals surface area (Å²) in [6, 6.07) is 26.1. The molecular formula is C22H26OSi. The molecule has 0 radical (unpaired) electrons. The van der Waals surface area contributed by atoms with Crippen molar-refractivity contribution < 1.29 is 5.11 Å². The second-order valence-corrected chi connectivity index (χ2v) is 12.3.